The molecule has 0 spiro atoms. The van der Waals surface area contributed by atoms with E-state index < -0.39 is 54.8 Å². The zero-order valence-electron chi connectivity index (χ0n) is 21.9. The lowest BCUT2D eigenvalue weighted by molar-refractivity contribution is -0.147. The summed E-state index contributed by atoms with van der Waals surface area (Å²) in [4.78, 5) is 44.8. The number of aromatic nitrogens is 1. The van der Waals surface area contributed by atoms with Crippen molar-refractivity contribution in [1.82, 2.24) is 20.5 Å². The van der Waals surface area contributed by atoms with Crippen molar-refractivity contribution in [3.05, 3.63) is 86.3 Å². The van der Waals surface area contributed by atoms with Crippen molar-refractivity contribution in [3.63, 3.8) is 0 Å². The fourth-order valence-corrected chi connectivity index (χ4v) is 5.68. The second-order valence-electron chi connectivity index (χ2n) is 9.71. The number of hydrogen-bond donors (Lipinski definition) is 3. The highest BCUT2D eigenvalue weighted by atomic mass is 35.5. The number of benzene rings is 2. The van der Waals surface area contributed by atoms with Crippen LogP contribution in [-0.4, -0.2) is 63.4 Å². The van der Waals surface area contributed by atoms with E-state index in [-0.39, 0.29) is 13.0 Å². The van der Waals surface area contributed by atoms with Gasteiger partial charge >= 0.3 is 0 Å². The van der Waals surface area contributed by atoms with Crippen LogP contribution in [0.5, 0.6) is 0 Å². The van der Waals surface area contributed by atoms with Gasteiger partial charge in [0.1, 0.15) is 10.9 Å². The minimum atomic E-state index is -3.34. The van der Waals surface area contributed by atoms with Crippen molar-refractivity contribution in [2.24, 2.45) is 0 Å². The summed E-state index contributed by atoms with van der Waals surface area (Å²) >= 11 is 7.29. The molecular formula is C28H29ClF2N4O4S. The number of carbonyl (C=O) groups excluding carboxylic acids is 3. The zero-order valence-corrected chi connectivity index (χ0v) is 23.4. The van der Waals surface area contributed by atoms with E-state index in [1.807, 2.05) is 0 Å². The Balaban J connectivity index is 1.54. The third-order valence-electron chi connectivity index (χ3n) is 6.63. The highest BCUT2D eigenvalue weighted by molar-refractivity contribution is 7.13. The third-order valence-corrected chi connectivity index (χ3v) is 8.07. The second-order valence-corrected chi connectivity index (χ2v) is 11.3. The van der Waals surface area contributed by atoms with Gasteiger partial charge in [-0.2, -0.15) is 0 Å². The fraction of sp³-hybridized carbons (Fsp3) is 0.357. The van der Waals surface area contributed by atoms with E-state index in [9.17, 15) is 28.3 Å². The zero-order chi connectivity index (χ0) is 29.0. The molecule has 0 bridgehead atoms. The molecule has 212 valence electrons. The van der Waals surface area contributed by atoms with Crippen molar-refractivity contribution in [2.45, 2.75) is 57.3 Å². The Bertz CT molecular complexity index is 1390. The van der Waals surface area contributed by atoms with Crippen LogP contribution in [-0.2, 0) is 22.6 Å². The number of rotatable bonds is 9. The number of likely N-dealkylation sites (tertiary alicyclic amines) is 1. The number of thiazole rings is 1. The standard InChI is InChI=1S/C28H29ClF2N4O4S/c1-16-24(40-17(2)33-16)26(38)34-21(12-18-8-4-3-5-9-18)23(36)27(39)35-15-28(30,31)13-22(35)25(37)32-14-19-10-6-7-11-20(19)29/h3-11,21-23,36H,12-15H2,1-2H3,(H,32,37)(H,34,38)/t21-,22-,23-/m0/s1. The monoisotopic (exact) mass is 590 g/mol. The smallest absolute Gasteiger partial charge is 0.267 e. The lowest BCUT2D eigenvalue weighted by Gasteiger charge is -2.30. The first-order valence-corrected chi connectivity index (χ1v) is 13.8. The van der Waals surface area contributed by atoms with Gasteiger partial charge in [-0.15, -0.1) is 11.3 Å². The molecule has 1 aliphatic rings. The van der Waals surface area contributed by atoms with E-state index >= 15 is 0 Å². The molecule has 12 heteroatoms. The van der Waals surface area contributed by atoms with E-state index in [1.165, 1.54) is 0 Å². The number of alkyl halides is 2. The molecule has 8 nitrogen and oxygen atoms in total. The van der Waals surface area contributed by atoms with Crippen molar-refractivity contribution in [1.29, 1.82) is 0 Å². The average molecular weight is 591 g/mol. The molecule has 0 radical (unpaired) electrons. The molecule has 3 aromatic rings. The molecule has 40 heavy (non-hydrogen) atoms. The lowest BCUT2D eigenvalue weighted by atomic mass is 9.99. The summed E-state index contributed by atoms with van der Waals surface area (Å²) in [6.45, 7) is 2.36. The number of aryl methyl sites for hydroxylation is 2. The summed E-state index contributed by atoms with van der Waals surface area (Å²) in [5, 5.41) is 17.5. The predicted octanol–water partition coefficient (Wildman–Crippen LogP) is 3.67. The highest BCUT2D eigenvalue weighted by Gasteiger charge is 2.51. The maximum absolute atomic E-state index is 14.5. The summed E-state index contributed by atoms with van der Waals surface area (Å²) in [6, 6.07) is 12.9. The first-order valence-electron chi connectivity index (χ1n) is 12.6. The normalized spacial score (nSPS) is 17.8. The highest BCUT2D eigenvalue weighted by Crippen LogP contribution is 2.33. The Labute approximate surface area is 239 Å². The molecule has 3 amide bonds. The van der Waals surface area contributed by atoms with Crippen LogP contribution in [0.1, 0.15) is 37.9 Å². The number of amides is 3. The lowest BCUT2D eigenvalue weighted by Crippen LogP contribution is -2.55. The SMILES string of the molecule is Cc1nc(C)c(C(=O)N[C@@H](Cc2ccccc2)[C@H](O)C(=O)N2CC(F)(F)C[C@H]2C(=O)NCc2ccccc2Cl)s1. The third kappa shape index (κ3) is 7.01. The molecular weight excluding hydrogens is 562 g/mol. The van der Waals surface area contributed by atoms with Gasteiger partial charge in [0.25, 0.3) is 17.7 Å². The molecule has 0 unspecified atom stereocenters. The molecule has 1 saturated heterocycles. The van der Waals surface area contributed by atoms with Crippen LogP contribution < -0.4 is 10.6 Å². The minimum Gasteiger partial charge on any atom is -0.381 e. The Hall–Kier alpha value is -3.41. The maximum Gasteiger partial charge on any atom is 0.267 e. The fourth-order valence-electron chi connectivity index (χ4n) is 4.65. The molecule has 4 rings (SSSR count). The number of aliphatic hydroxyl groups excluding tert-OH is 1. The minimum absolute atomic E-state index is 0.0224. The quantitative estimate of drug-likeness (QED) is 0.352. The van der Waals surface area contributed by atoms with Gasteiger partial charge in [-0.25, -0.2) is 13.8 Å². The van der Waals surface area contributed by atoms with Crippen LogP contribution in [0.4, 0.5) is 8.78 Å². The molecule has 1 aliphatic heterocycles. The summed E-state index contributed by atoms with van der Waals surface area (Å²) < 4.78 is 29.1. The average Bonchev–Trinajstić information content (AvgIpc) is 3.44. The first kappa shape index (κ1) is 29.6. The molecule has 1 fully saturated rings. The largest absolute Gasteiger partial charge is 0.381 e. The van der Waals surface area contributed by atoms with Crippen molar-refractivity contribution < 1.29 is 28.3 Å². The van der Waals surface area contributed by atoms with Crippen molar-refractivity contribution >= 4 is 40.7 Å². The Kier molecular flexibility index (Phi) is 9.17. The van der Waals surface area contributed by atoms with Crippen LogP contribution >= 0.6 is 22.9 Å². The second kappa shape index (κ2) is 12.4. The van der Waals surface area contributed by atoms with Gasteiger partial charge in [0.05, 0.1) is 23.3 Å². The molecule has 1 aromatic heterocycles. The van der Waals surface area contributed by atoms with Crippen LogP contribution in [0.25, 0.3) is 0 Å². The van der Waals surface area contributed by atoms with Gasteiger partial charge in [0, 0.05) is 18.0 Å². The predicted molar refractivity (Wildman–Crippen MR) is 147 cm³/mol. The van der Waals surface area contributed by atoms with E-state index in [4.69, 9.17) is 11.6 Å². The number of halogens is 3. The molecule has 2 aromatic carbocycles. The Morgan fingerprint density at radius 2 is 1.82 bits per heavy atom. The number of nitrogens with one attached hydrogen (secondary N) is 2. The van der Waals surface area contributed by atoms with Crippen LogP contribution in [0, 0.1) is 13.8 Å². The van der Waals surface area contributed by atoms with Crippen LogP contribution in [0.15, 0.2) is 54.6 Å². The van der Waals surface area contributed by atoms with Crippen molar-refractivity contribution in [2.75, 3.05) is 6.54 Å². The summed E-state index contributed by atoms with van der Waals surface area (Å²) in [7, 11) is 0. The van der Waals surface area contributed by atoms with E-state index in [0.29, 0.717) is 36.6 Å². The Morgan fingerprint density at radius 3 is 2.48 bits per heavy atom. The maximum atomic E-state index is 14.5. The molecule has 3 N–H and O–H groups in total. The number of nitrogens with zero attached hydrogens (tertiary/aromatic N) is 2. The van der Waals surface area contributed by atoms with E-state index in [0.717, 1.165) is 11.3 Å². The molecule has 0 saturated carbocycles. The van der Waals surface area contributed by atoms with Gasteiger partial charge in [-0.05, 0) is 37.5 Å². The summed E-state index contributed by atoms with van der Waals surface area (Å²) in [6.07, 6.45) is -2.75. The van der Waals surface area contributed by atoms with Crippen molar-refractivity contribution in [3.8, 4) is 0 Å². The van der Waals surface area contributed by atoms with Gasteiger partial charge in [-0.1, -0.05) is 60.1 Å². The number of carbonyl (C=O) groups is 3. The first-order chi connectivity index (χ1) is 18.9. The summed E-state index contributed by atoms with van der Waals surface area (Å²) in [5.41, 5.74) is 1.78. The topological polar surface area (TPSA) is 112 Å². The van der Waals surface area contributed by atoms with Crippen LogP contribution in [0.2, 0.25) is 5.02 Å². The van der Waals surface area contributed by atoms with Gasteiger partial charge in [0.15, 0.2) is 6.10 Å². The van der Waals surface area contributed by atoms with Crippen LogP contribution in [0.3, 0.4) is 0 Å². The number of aliphatic hydroxyl groups is 1. The Morgan fingerprint density at radius 1 is 1.15 bits per heavy atom. The molecule has 0 aliphatic carbocycles. The van der Waals surface area contributed by atoms with Gasteiger partial charge < -0.3 is 20.6 Å². The summed E-state index contributed by atoms with van der Waals surface area (Å²) in [5.74, 6) is -5.75. The molecule has 3 atom stereocenters. The van der Waals surface area contributed by atoms with E-state index in [2.05, 4.69) is 15.6 Å². The van der Waals surface area contributed by atoms with Gasteiger partial charge in [-0.3, -0.25) is 14.4 Å². The van der Waals surface area contributed by atoms with E-state index in [1.54, 1.807) is 68.4 Å². The number of hydrogen-bond acceptors (Lipinski definition) is 6. The molecule has 2 heterocycles. The van der Waals surface area contributed by atoms with Gasteiger partial charge in [0.2, 0.25) is 5.91 Å².